The second-order valence-corrected chi connectivity index (χ2v) is 7.88. The number of likely N-dealkylation sites (N-methyl/N-ethyl adjacent to an activating group) is 2. The number of hydrogen-bond donors (Lipinski definition) is 2. The lowest BCUT2D eigenvalue weighted by molar-refractivity contribution is -0.943. The lowest BCUT2D eigenvalue weighted by atomic mass is 9.72. The van der Waals surface area contributed by atoms with E-state index in [4.69, 9.17) is 0 Å². The van der Waals surface area contributed by atoms with Crippen LogP contribution >= 0.6 is 0 Å². The summed E-state index contributed by atoms with van der Waals surface area (Å²) in [6.07, 6.45) is -0.339. The molecule has 0 saturated heterocycles. The standard InChI is InChI=1S/C15H35N2O2/c1-12(19)10-17(8,9)15(4,5)13(16(6)7)14(2,3)11-18/h12-13,18-19H,10-11H2,1-9H3/q+1. The van der Waals surface area contributed by atoms with Crippen LogP contribution in [0.5, 0.6) is 0 Å². The van der Waals surface area contributed by atoms with E-state index in [-0.39, 0.29) is 29.7 Å². The number of nitrogens with zero attached hydrogens (tertiary/aromatic N) is 2. The Kier molecular flexibility index (Phi) is 6.03. The van der Waals surface area contributed by atoms with Gasteiger partial charge in [0.05, 0.1) is 20.1 Å². The lowest BCUT2D eigenvalue weighted by Gasteiger charge is -2.55. The predicted octanol–water partition coefficient (Wildman–Crippen LogP) is 1.17. The van der Waals surface area contributed by atoms with Crippen LogP contribution in [-0.4, -0.2) is 78.6 Å². The Hall–Kier alpha value is -0.160. The van der Waals surface area contributed by atoms with Gasteiger partial charge < -0.3 is 19.6 Å². The first-order valence-electron chi connectivity index (χ1n) is 7.08. The van der Waals surface area contributed by atoms with Gasteiger partial charge in [0.1, 0.15) is 18.2 Å². The van der Waals surface area contributed by atoms with Crippen molar-refractivity contribution in [2.24, 2.45) is 5.41 Å². The zero-order valence-corrected chi connectivity index (χ0v) is 14.4. The molecule has 0 aliphatic heterocycles. The Morgan fingerprint density at radius 1 is 1.11 bits per heavy atom. The summed E-state index contributed by atoms with van der Waals surface area (Å²) < 4.78 is 0.705. The number of hydrogen-bond acceptors (Lipinski definition) is 3. The summed E-state index contributed by atoms with van der Waals surface area (Å²) in [6.45, 7) is 11.3. The second-order valence-electron chi connectivity index (χ2n) is 7.88. The van der Waals surface area contributed by atoms with Crippen LogP contribution in [0.15, 0.2) is 0 Å². The minimum atomic E-state index is -0.339. The maximum atomic E-state index is 9.75. The molecule has 0 aromatic heterocycles. The van der Waals surface area contributed by atoms with Crippen molar-refractivity contribution in [3.63, 3.8) is 0 Å². The molecule has 4 heteroatoms. The molecule has 2 N–H and O–H groups in total. The van der Waals surface area contributed by atoms with Crippen LogP contribution in [0, 0.1) is 5.41 Å². The van der Waals surface area contributed by atoms with Crippen molar-refractivity contribution in [2.45, 2.75) is 52.3 Å². The summed E-state index contributed by atoms with van der Waals surface area (Å²) in [5, 5.41) is 19.5. The summed E-state index contributed by atoms with van der Waals surface area (Å²) in [5.41, 5.74) is -0.312. The Labute approximate surface area is 119 Å². The second kappa shape index (κ2) is 6.08. The Balaban J connectivity index is 5.54. The number of rotatable bonds is 7. The van der Waals surface area contributed by atoms with E-state index < -0.39 is 0 Å². The van der Waals surface area contributed by atoms with Gasteiger partial charge in [-0.2, -0.15) is 0 Å². The van der Waals surface area contributed by atoms with Crippen LogP contribution in [-0.2, 0) is 0 Å². The summed E-state index contributed by atoms with van der Waals surface area (Å²) in [7, 11) is 8.42. The molecule has 116 valence electrons. The Bertz CT molecular complexity index is 284. The summed E-state index contributed by atoms with van der Waals surface area (Å²) in [5.74, 6) is 0. The van der Waals surface area contributed by atoms with Crippen molar-refractivity contribution in [1.82, 2.24) is 4.90 Å². The van der Waals surface area contributed by atoms with Gasteiger partial charge in [-0.25, -0.2) is 0 Å². The Morgan fingerprint density at radius 3 is 1.79 bits per heavy atom. The third-order valence-electron chi connectivity index (χ3n) is 4.61. The van der Waals surface area contributed by atoms with Gasteiger partial charge in [-0.1, -0.05) is 13.8 Å². The molecule has 0 aliphatic rings. The van der Waals surface area contributed by atoms with Crippen LogP contribution in [0.25, 0.3) is 0 Å². The van der Waals surface area contributed by atoms with Crippen LogP contribution < -0.4 is 0 Å². The van der Waals surface area contributed by atoms with Gasteiger partial charge in [-0.3, -0.25) is 0 Å². The van der Waals surface area contributed by atoms with E-state index in [9.17, 15) is 10.2 Å². The van der Waals surface area contributed by atoms with Crippen LogP contribution in [0.1, 0.15) is 34.6 Å². The molecular formula is C15H35N2O2+. The van der Waals surface area contributed by atoms with E-state index in [1.165, 1.54) is 0 Å². The van der Waals surface area contributed by atoms with Crippen LogP contribution in [0.2, 0.25) is 0 Å². The first-order valence-corrected chi connectivity index (χ1v) is 7.08. The van der Waals surface area contributed by atoms with Crippen LogP contribution in [0.3, 0.4) is 0 Å². The van der Waals surface area contributed by atoms with Crippen molar-refractivity contribution < 1.29 is 14.7 Å². The summed E-state index contributed by atoms with van der Waals surface area (Å²) in [4.78, 5) is 2.19. The molecule has 0 bridgehead atoms. The molecule has 19 heavy (non-hydrogen) atoms. The highest BCUT2D eigenvalue weighted by atomic mass is 16.3. The first-order chi connectivity index (χ1) is 8.29. The normalized spacial score (nSPS) is 17.7. The van der Waals surface area contributed by atoms with E-state index in [2.05, 4.69) is 60.8 Å². The van der Waals surface area contributed by atoms with Gasteiger partial charge in [-0.05, 0) is 34.9 Å². The van der Waals surface area contributed by atoms with E-state index >= 15 is 0 Å². The molecule has 2 unspecified atom stereocenters. The van der Waals surface area contributed by atoms with Gasteiger partial charge in [0, 0.05) is 12.0 Å². The maximum Gasteiger partial charge on any atom is 0.109 e. The van der Waals surface area contributed by atoms with E-state index in [1.54, 1.807) is 0 Å². The number of aliphatic hydroxyl groups excluding tert-OH is 2. The third-order valence-corrected chi connectivity index (χ3v) is 4.61. The summed E-state index contributed by atoms with van der Waals surface area (Å²) >= 11 is 0. The highest BCUT2D eigenvalue weighted by Crippen LogP contribution is 2.37. The minimum absolute atomic E-state index is 0.104. The van der Waals surface area contributed by atoms with Crippen molar-refractivity contribution in [1.29, 1.82) is 0 Å². The van der Waals surface area contributed by atoms with E-state index in [1.807, 2.05) is 6.92 Å². The average molecular weight is 275 g/mol. The fourth-order valence-corrected chi connectivity index (χ4v) is 3.60. The first kappa shape index (κ1) is 18.8. The molecule has 4 nitrogen and oxygen atoms in total. The SMILES string of the molecule is CC(O)C[N+](C)(C)C(C)(C)C(N(C)C)C(C)(C)CO. The highest BCUT2D eigenvalue weighted by Gasteiger charge is 2.51. The van der Waals surface area contributed by atoms with Crippen LogP contribution in [0.4, 0.5) is 0 Å². The average Bonchev–Trinajstić information content (AvgIpc) is 2.13. The molecular weight excluding hydrogens is 240 g/mol. The fraction of sp³-hybridized carbons (Fsp3) is 1.00. The molecule has 0 aliphatic carbocycles. The molecule has 0 rings (SSSR count). The molecule has 2 atom stereocenters. The fourth-order valence-electron chi connectivity index (χ4n) is 3.60. The van der Waals surface area contributed by atoms with Crippen molar-refractivity contribution in [2.75, 3.05) is 41.3 Å². The largest absolute Gasteiger partial charge is 0.396 e. The molecule has 0 aromatic carbocycles. The topological polar surface area (TPSA) is 43.7 Å². The van der Waals surface area contributed by atoms with Crippen molar-refractivity contribution in [3.05, 3.63) is 0 Å². The zero-order chi connectivity index (χ0) is 15.6. The summed E-state index contributed by atoms with van der Waals surface area (Å²) in [6, 6.07) is 0.193. The molecule has 0 amide bonds. The number of aliphatic hydroxyl groups is 2. The van der Waals surface area contributed by atoms with Gasteiger partial charge >= 0.3 is 0 Å². The minimum Gasteiger partial charge on any atom is -0.396 e. The monoisotopic (exact) mass is 275 g/mol. The van der Waals surface area contributed by atoms with Gasteiger partial charge in [0.15, 0.2) is 0 Å². The zero-order valence-electron chi connectivity index (χ0n) is 14.4. The maximum absolute atomic E-state index is 9.75. The van der Waals surface area contributed by atoms with Crippen molar-refractivity contribution >= 4 is 0 Å². The number of quaternary nitrogens is 1. The molecule has 0 radical (unpaired) electrons. The molecule has 0 fully saturated rings. The highest BCUT2D eigenvalue weighted by molar-refractivity contribution is 4.96. The lowest BCUT2D eigenvalue weighted by Crippen LogP contribution is -2.70. The third kappa shape index (κ3) is 4.15. The molecule has 0 spiro atoms. The van der Waals surface area contributed by atoms with Gasteiger partial charge in [-0.15, -0.1) is 0 Å². The molecule has 0 heterocycles. The van der Waals surface area contributed by atoms with Gasteiger partial charge in [0.25, 0.3) is 0 Å². The van der Waals surface area contributed by atoms with Crippen molar-refractivity contribution in [3.8, 4) is 0 Å². The molecule has 0 saturated carbocycles. The van der Waals surface area contributed by atoms with Gasteiger partial charge in [0.2, 0.25) is 0 Å². The van der Waals surface area contributed by atoms with E-state index in [0.29, 0.717) is 11.0 Å². The van der Waals surface area contributed by atoms with E-state index in [0.717, 1.165) is 0 Å². The Morgan fingerprint density at radius 2 is 1.53 bits per heavy atom. The predicted molar refractivity (Wildman–Crippen MR) is 81.1 cm³/mol. The smallest absolute Gasteiger partial charge is 0.109 e. The molecule has 0 aromatic rings. The quantitative estimate of drug-likeness (QED) is 0.686.